The Morgan fingerprint density at radius 2 is 2.03 bits per heavy atom. The fourth-order valence-electron chi connectivity index (χ4n) is 3.35. The van der Waals surface area contributed by atoms with E-state index in [1.165, 1.54) is 18.9 Å². The number of rotatable bonds is 6. The van der Waals surface area contributed by atoms with Gasteiger partial charge < -0.3 is 35.4 Å². The zero-order valence-corrected chi connectivity index (χ0v) is 19.8. The van der Waals surface area contributed by atoms with Crippen LogP contribution in [0.15, 0.2) is 24.3 Å². The van der Waals surface area contributed by atoms with Crippen LogP contribution in [0, 0.1) is 0 Å². The van der Waals surface area contributed by atoms with Gasteiger partial charge in [-0.25, -0.2) is 0 Å². The number of hydrogen-bond donors (Lipinski definition) is 4. The van der Waals surface area contributed by atoms with Gasteiger partial charge in [-0.1, -0.05) is 12.1 Å². The van der Waals surface area contributed by atoms with Crippen LogP contribution in [-0.4, -0.2) is 91.8 Å². The summed E-state index contributed by atoms with van der Waals surface area (Å²) in [5, 5.41) is 17.9. The summed E-state index contributed by atoms with van der Waals surface area (Å²) in [6.07, 6.45) is -1.30. The first-order chi connectivity index (χ1) is 16.2. The van der Waals surface area contributed by atoms with Crippen molar-refractivity contribution >= 4 is 23.6 Å². The van der Waals surface area contributed by atoms with Gasteiger partial charge in [-0.15, -0.1) is 0 Å². The minimum atomic E-state index is -1.15. The van der Waals surface area contributed by atoms with Crippen LogP contribution in [0.5, 0.6) is 5.75 Å². The molecule has 11 heteroatoms. The van der Waals surface area contributed by atoms with Crippen LogP contribution in [0.2, 0.25) is 0 Å². The predicted molar refractivity (Wildman–Crippen MR) is 123 cm³/mol. The first-order valence-electron chi connectivity index (χ1n) is 11.3. The average molecular weight is 479 g/mol. The Bertz CT molecular complexity index is 861. The molecular weight excluding hydrogens is 444 g/mol. The Kier molecular flexibility index (Phi) is 10.8. The van der Waals surface area contributed by atoms with Crippen molar-refractivity contribution in [2.45, 2.75) is 44.9 Å². The molecular formula is C23H34N4O7. The number of nitrogens with zero attached hydrogens (tertiary/aromatic N) is 1. The monoisotopic (exact) mass is 478 g/mol. The molecule has 0 saturated heterocycles. The van der Waals surface area contributed by atoms with E-state index in [9.17, 15) is 24.3 Å². The molecule has 4 N–H and O–H groups in total. The number of hydrogen-bond acceptors (Lipinski definition) is 7. The highest BCUT2D eigenvalue weighted by Gasteiger charge is 2.30. The Balaban J connectivity index is 2.28. The van der Waals surface area contributed by atoms with Crippen molar-refractivity contribution in [3.05, 3.63) is 29.8 Å². The quantitative estimate of drug-likeness (QED) is 0.401. The van der Waals surface area contributed by atoms with Crippen molar-refractivity contribution in [2.75, 3.05) is 40.0 Å². The number of carbonyl (C=O) groups excluding carboxylic acids is 4. The van der Waals surface area contributed by atoms with Gasteiger partial charge in [0.25, 0.3) is 5.91 Å². The van der Waals surface area contributed by atoms with Crippen molar-refractivity contribution in [3.63, 3.8) is 0 Å². The van der Waals surface area contributed by atoms with Crippen LogP contribution in [0.1, 0.15) is 37.0 Å². The maximum Gasteiger partial charge on any atom is 0.255 e. The maximum absolute atomic E-state index is 13.0. The van der Waals surface area contributed by atoms with Gasteiger partial charge in [0.15, 0.2) is 0 Å². The average Bonchev–Trinajstić information content (AvgIpc) is 2.81. The second kappa shape index (κ2) is 13.5. The van der Waals surface area contributed by atoms with E-state index in [0.717, 1.165) is 0 Å². The molecule has 1 heterocycles. The van der Waals surface area contributed by atoms with E-state index in [-0.39, 0.29) is 38.1 Å². The van der Waals surface area contributed by atoms with E-state index in [1.807, 2.05) is 6.92 Å². The first kappa shape index (κ1) is 27.1. The lowest BCUT2D eigenvalue weighted by Gasteiger charge is -2.26. The lowest BCUT2D eigenvalue weighted by atomic mass is 10.1. The topological polar surface area (TPSA) is 146 Å². The Morgan fingerprint density at radius 1 is 1.29 bits per heavy atom. The molecule has 0 bridgehead atoms. The number of nitrogens with one attached hydrogen (secondary N) is 3. The van der Waals surface area contributed by atoms with Crippen LogP contribution in [0.3, 0.4) is 0 Å². The van der Waals surface area contributed by atoms with Crippen molar-refractivity contribution in [1.82, 2.24) is 20.9 Å². The summed E-state index contributed by atoms with van der Waals surface area (Å²) in [4.78, 5) is 52.4. The number of ether oxygens (including phenoxy) is 2. The SMILES string of the molecule is CCOCCNC(=O)[C@@H]1CCC(=O)N[C@@H]([C@@H](C)O)C(=O)N(C)CCOc2ccccc2C(=O)N1. The standard InChI is InChI=1S/C23H34N4O7/c1-4-33-13-11-24-22(31)17-9-10-19(29)26-20(15(2)28)23(32)27(3)12-14-34-18-8-6-5-7-16(18)21(30)25-17/h5-8,15,17,20,28H,4,9-14H2,1-3H3,(H,24,31)(H,25,30)(H,26,29)/t15-,17+,20+/m1/s1. The fraction of sp³-hybridized carbons (Fsp3) is 0.565. The van der Waals surface area contributed by atoms with E-state index in [0.29, 0.717) is 19.0 Å². The van der Waals surface area contributed by atoms with Crippen molar-refractivity contribution < 1.29 is 33.8 Å². The van der Waals surface area contributed by atoms with Crippen LogP contribution in [0.4, 0.5) is 0 Å². The second-order valence-corrected chi connectivity index (χ2v) is 7.94. The molecule has 2 rings (SSSR count). The van der Waals surface area contributed by atoms with Crippen LogP contribution in [0.25, 0.3) is 0 Å². The van der Waals surface area contributed by atoms with Crippen LogP contribution in [-0.2, 0) is 19.1 Å². The summed E-state index contributed by atoms with van der Waals surface area (Å²) in [5.41, 5.74) is 0.227. The van der Waals surface area contributed by atoms with Gasteiger partial charge >= 0.3 is 0 Å². The minimum Gasteiger partial charge on any atom is -0.491 e. The molecule has 1 aromatic rings. The number of aliphatic hydroxyl groups is 1. The fourth-order valence-corrected chi connectivity index (χ4v) is 3.35. The third-order valence-corrected chi connectivity index (χ3v) is 5.29. The summed E-state index contributed by atoms with van der Waals surface area (Å²) in [7, 11) is 1.53. The van der Waals surface area contributed by atoms with E-state index >= 15 is 0 Å². The van der Waals surface area contributed by atoms with Gasteiger partial charge in [-0.05, 0) is 32.4 Å². The van der Waals surface area contributed by atoms with Crippen LogP contribution >= 0.6 is 0 Å². The molecule has 1 aromatic carbocycles. The molecule has 0 unspecified atom stereocenters. The number of carbonyl (C=O) groups is 4. The lowest BCUT2D eigenvalue weighted by Crippen LogP contribution is -2.53. The number of amides is 4. The highest BCUT2D eigenvalue weighted by Crippen LogP contribution is 2.18. The molecule has 3 atom stereocenters. The molecule has 0 spiro atoms. The van der Waals surface area contributed by atoms with Crippen LogP contribution < -0.4 is 20.7 Å². The normalized spacial score (nSPS) is 21.2. The highest BCUT2D eigenvalue weighted by atomic mass is 16.5. The Hall–Kier alpha value is -3.18. The van der Waals surface area contributed by atoms with Crippen molar-refractivity contribution in [3.8, 4) is 5.75 Å². The summed E-state index contributed by atoms with van der Waals surface area (Å²) in [6, 6.07) is 4.40. The molecule has 1 aliphatic rings. The summed E-state index contributed by atoms with van der Waals surface area (Å²) in [6.45, 7) is 4.55. The van der Waals surface area contributed by atoms with Crippen molar-refractivity contribution in [1.29, 1.82) is 0 Å². The molecule has 0 fully saturated rings. The number of aliphatic hydroxyl groups excluding tert-OH is 1. The van der Waals surface area contributed by atoms with Gasteiger partial charge in [0, 0.05) is 26.6 Å². The molecule has 4 amide bonds. The molecule has 34 heavy (non-hydrogen) atoms. The summed E-state index contributed by atoms with van der Waals surface area (Å²) < 4.78 is 11.0. The number of likely N-dealkylation sites (N-methyl/N-ethyl adjacent to an activating group) is 1. The number of benzene rings is 1. The highest BCUT2D eigenvalue weighted by molar-refractivity contribution is 5.99. The molecule has 0 aromatic heterocycles. The molecule has 0 saturated carbocycles. The van der Waals surface area contributed by atoms with E-state index < -0.39 is 41.8 Å². The summed E-state index contributed by atoms with van der Waals surface area (Å²) >= 11 is 0. The molecule has 0 aliphatic carbocycles. The molecule has 0 radical (unpaired) electrons. The first-order valence-corrected chi connectivity index (χ1v) is 11.3. The predicted octanol–water partition coefficient (Wildman–Crippen LogP) is -0.566. The molecule has 188 valence electrons. The Labute approximate surface area is 199 Å². The van der Waals surface area contributed by atoms with Gasteiger partial charge in [0.1, 0.15) is 24.4 Å². The molecule has 1 aliphatic heterocycles. The zero-order valence-electron chi connectivity index (χ0n) is 19.8. The van der Waals surface area contributed by atoms with Gasteiger partial charge in [-0.2, -0.15) is 0 Å². The number of fused-ring (bicyclic) bond motifs is 1. The minimum absolute atomic E-state index is 0.0162. The smallest absolute Gasteiger partial charge is 0.255 e. The van der Waals surface area contributed by atoms with Gasteiger partial charge in [-0.3, -0.25) is 19.2 Å². The second-order valence-electron chi connectivity index (χ2n) is 7.94. The van der Waals surface area contributed by atoms with Gasteiger partial charge in [0.2, 0.25) is 17.7 Å². The van der Waals surface area contributed by atoms with E-state index in [2.05, 4.69) is 16.0 Å². The third kappa shape index (κ3) is 7.99. The molecule has 11 nitrogen and oxygen atoms in total. The maximum atomic E-state index is 13.0. The third-order valence-electron chi connectivity index (χ3n) is 5.29. The largest absolute Gasteiger partial charge is 0.491 e. The number of para-hydroxylation sites is 1. The zero-order chi connectivity index (χ0) is 25.1. The summed E-state index contributed by atoms with van der Waals surface area (Å²) in [5.74, 6) is -1.70. The lowest BCUT2D eigenvalue weighted by molar-refractivity contribution is -0.138. The van der Waals surface area contributed by atoms with Gasteiger partial charge in [0.05, 0.1) is 24.8 Å². The van der Waals surface area contributed by atoms with E-state index in [4.69, 9.17) is 9.47 Å². The van der Waals surface area contributed by atoms with Crippen molar-refractivity contribution in [2.24, 2.45) is 0 Å². The van der Waals surface area contributed by atoms with E-state index in [1.54, 1.807) is 24.3 Å². The Morgan fingerprint density at radius 3 is 2.74 bits per heavy atom.